The molecule has 5 saturated heterocycles. The molecule has 0 radical (unpaired) electrons. The Labute approximate surface area is 316 Å². The van der Waals surface area contributed by atoms with Crippen LogP contribution in [0.2, 0.25) is 0 Å². The van der Waals surface area contributed by atoms with E-state index in [0.29, 0.717) is 0 Å². The van der Waals surface area contributed by atoms with E-state index >= 15 is 0 Å². The van der Waals surface area contributed by atoms with Gasteiger partial charge in [0.25, 0.3) is 0 Å². The van der Waals surface area contributed by atoms with Crippen molar-refractivity contribution in [1.82, 2.24) is 0 Å². The first kappa shape index (κ1) is 46.0. The highest BCUT2D eigenvalue weighted by Gasteiger charge is 2.56. The monoisotopic (exact) mass is 828 g/mol. The summed E-state index contributed by atoms with van der Waals surface area (Å²) in [4.78, 5) is 0. The molecule has 0 amide bonds. The summed E-state index contributed by atoms with van der Waals surface area (Å²) >= 11 is 0. The number of ether oxygens (including phenoxy) is 9. The van der Waals surface area contributed by atoms with Crippen molar-refractivity contribution >= 4 is 0 Å². The molecular weight excluding hydrogens is 776 g/mol. The van der Waals surface area contributed by atoms with Gasteiger partial charge in [0.05, 0.1) is 33.0 Å². The highest BCUT2D eigenvalue weighted by Crippen LogP contribution is 2.35. The summed E-state index contributed by atoms with van der Waals surface area (Å²) in [6.07, 6.45) is -45.8. The van der Waals surface area contributed by atoms with Gasteiger partial charge in [0, 0.05) is 0 Å². The number of hydrogen-bond donors (Lipinski definition) is 17. The average molecular weight is 829 g/mol. The lowest BCUT2D eigenvalue weighted by Gasteiger charge is -2.49. The van der Waals surface area contributed by atoms with Gasteiger partial charge in [-0.15, -0.1) is 0 Å². The molecule has 17 N–H and O–H groups in total. The first-order valence-electron chi connectivity index (χ1n) is 17.6. The Kier molecular flexibility index (Phi) is 16.1. The molecule has 0 spiro atoms. The fraction of sp³-hybridized carbons (Fsp3) is 1.00. The highest BCUT2D eigenvalue weighted by molar-refractivity contribution is 4.99. The van der Waals surface area contributed by atoms with E-state index in [0.717, 1.165) is 0 Å². The summed E-state index contributed by atoms with van der Waals surface area (Å²) < 4.78 is 49.1. The van der Waals surface area contributed by atoms with Crippen molar-refractivity contribution in [3.05, 3.63) is 0 Å². The minimum absolute atomic E-state index is 0.811. The van der Waals surface area contributed by atoms with Gasteiger partial charge in [-0.2, -0.15) is 0 Å². The summed E-state index contributed by atoms with van der Waals surface area (Å²) in [5, 5.41) is 176. The van der Waals surface area contributed by atoms with Gasteiger partial charge in [0.15, 0.2) is 31.5 Å². The van der Waals surface area contributed by atoms with Gasteiger partial charge in [0.2, 0.25) is 0 Å². The topological polar surface area (TPSA) is 427 Å². The van der Waals surface area contributed by atoms with E-state index in [4.69, 9.17) is 42.6 Å². The molecule has 5 aliphatic rings. The lowest BCUT2D eigenvalue weighted by molar-refractivity contribution is -0.392. The van der Waals surface area contributed by atoms with E-state index in [1.54, 1.807) is 0 Å². The lowest BCUT2D eigenvalue weighted by atomic mass is 9.95. The Hall–Kier alpha value is -1.04. The van der Waals surface area contributed by atoms with Gasteiger partial charge < -0.3 is 129 Å². The van der Waals surface area contributed by atoms with Crippen LogP contribution in [-0.2, 0) is 42.6 Å². The van der Waals surface area contributed by atoms with Crippen LogP contribution in [0.5, 0.6) is 0 Å². The van der Waals surface area contributed by atoms with Crippen LogP contribution in [-0.4, -0.2) is 273 Å². The Bertz CT molecular complexity index is 1200. The zero-order valence-corrected chi connectivity index (χ0v) is 29.2. The zero-order valence-electron chi connectivity index (χ0n) is 29.2. The minimum atomic E-state index is -2.12. The van der Waals surface area contributed by atoms with Crippen molar-refractivity contribution in [3.8, 4) is 0 Å². The maximum atomic E-state index is 11.1. The Morgan fingerprint density at radius 2 is 0.518 bits per heavy atom. The molecule has 328 valence electrons. The molecule has 0 saturated carbocycles. The average Bonchev–Trinajstić information content (AvgIpc) is 3.19. The summed E-state index contributed by atoms with van der Waals surface area (Å²) in [6, 6.07) is 0. The summed E-state index contributed by atoms with van der Waals surface area (Å²) in [5.74, 6) is 0. The van der Waals surface area contributed by atoms with Crippen molar-refractivity contribution in [2.45, 2.75) is 154 Å². The predicted octanol–water partition coefficient (Wildman–Crippen LogP) is -11.9. The fourth-order valence-electron chi connectivity index (χ4n) is 7.03. The first-order chi connectivity index (χ1) is 26.5. The predicted molar refractivity (Wildman–Crippen MR) is 167 cm³/mol. The molecule has 26 heteroatoms. The number of rotatable bonds is 13. The van der Waals surface area contributed by atoms with Crippen LogP contribution in [0.1, 0.15) is 0 Å². The first-order valence-corrected chi connectivity index (χ1v) is 17.6. The van der Waals surface area contributed by atoms with Gasteiger partial charge in [-0.3, -0.25) is 0 Å². The molecule has 0 aromatic rings. The van der Waals surface area contributed by atoms with E-state index in [-0.39, 0.29) is 0 Å². The highest BCUT2D eigenvalue weighted by atomic mass is 16.8. The van der Waals surface area contributed by atoms with Crippen molar-refractivity contribution in [3.63, 3.8) is 0 Å². The molecule has 0 aliphatic carbocycles. The van der Waals surface area contributed by atoms with Gasteiger partial charge in [-0.1, -0.05) is 0 Å². The van der Waals surface area contributed by atoms with Crippen LogP contribution in [0.3, 0.4) is 0 Å². The second-order valence-corrected chi connectivity index (χ2v) is 13.9. The number of hydrogen-bond acceptors (Lipinski definition) is 26. The molecule has 5 rings (SSSR count). The van der Waals surface area contributed by atoms with Crippen LogP contribution in [0, 0.1) is 0 Å². The standard InChI is InChI=1S/C30H52O26/c31-1-6-11(36)12(37)18(43)27(49-6)54-23-8(3-33)51-29(20(45)14(23)39)56-25-10(5-35)52-30(21(46)16(25)41)55-24-9(4-34)50-28(19(44)15(24)40)53-22-7(2-32)48-26(47)17(42)13(22)38/h6-47H,1-5H2/t6?,7?,8?,9?,10?,11-,12?,13?,14?,15?,16?,17?,18?,19?,20?,21?,22-,23-,24+,25-,26-,27-,28-,29-,30-/m1/s1. The largest absolute Gasteiger partial charge is 0.394 e. The van der Waals surface area contributed by atoms with Crippen molar-refractivity contribution in [1.29, 1.82) is 0 Å². The van der Waals surface area contributed by atoms with Gasteiger partial charge >= 0.3 is 0 Å². The molecule has 0 aromatic carbocycles. The Balaban J connectivity index is 1.22. The van der Waals surface area contributed by atoms with Crippen LogP contribution in [0.4, 0.5) is 0 Å². The summed E-state index contributed by atoms with van der Waals surface area (Å²) in [7, 11) is 0. The van der Waals surface area contributed by atoms with Gasteiger partial charge in [-0.25, -0.2) is 0 Å². The molecule has 26 nitrogen and oxygen atoms in total. The fourth-order valence-corrected chi connectivity index (χ4v) is 7.03. The normalized spacial score (nSPS) is 53.2. The van der Waals surface area contributed by atoms with E-state index < -0.39 is 187 Å². The Morgan fingerprint density at radius 1 is 0.268 bits per heavy atom. The second-order valence-electron chi connectivity index (χ2n) is 13.9. The third kappa shape index (κ3) is 9.16. The van der Waals surface area contributed by atoms with Crippen LogP contribution < -0.4 is 0 Å². The molecule has 25 atom stereocenters. The van der Waals surface area contributed by atoms with E-state index in [1.807, 2.05) is 0 Å². The minimum Gasteiger partial charge on any atom is -0.394 e. The molecule has 5 fully saturated rings. The van der Waals surface area contributed by atoms with E-state index in [1.165, 1.54) is 0 Å². The van der Waals surface area contributed by atoms with Crippen LogP contribution in [0.25, 0.3) is 0 Å². The maximum Gasteiger partial charge on any atom is 0.187 e. The molecular formula is C30H52O26. The summed E-state index contributed by atoms with van der Waals surface area (Å²) in [5.41, 5.74) is 0. The third-order valence-corrected chi connectivity index (χ3v) is 10.3. The molecule has 0 aromatic heterocycles. The number of aliphatic hydroxyl groups excluding tert-OH is 17. The van der Waals surface area contributed by atoms with Crippen molar-refractivity contribution < 1.29 is 129 Å². The second kappa shape index (κ2) is 19.6. The van der Waals surface area contributed by atoms with Gasteiger partial charge in [0.1, 0.15) is 122 Å². The quantitative estimate of drug-likeness (QED) is 0.0819. The number of aliphatic hydroxyl groups is 17. The van der Waals surface area contributed by atoms with Crippen molar-refractivity contribution in [2.75, 3.05) is 33.0 Å². The van der Waals surface area contributed by atoms with E-state index in [2.05, 4.69) is 0 Å². The van der Waals surface area contributed by atoms with Crippen LogP contribution in [0.15, 0.2) is 0 Å². The van der Waals surface area contributed by atoms with Crippen LogP contribution >= 0.6 is 0 Å². The summed E-state index contributed by atoms with van der Waals surface area (Å²) in [6.45, 7) is -4.51. The SMILES string of the molecule is OCC1O[C@H](O[C@@H]2C(CO)O[C@H](O[C@@H]3C(CO)O[C@H](O[C@H]4C(CO)O[C@H](O[C@@H]5C(CO)O[C@@H](O)C(O)C5O)C(O)C4O)C(O)C3O)C(O)C2O)C(O)C(O)[C@@H]1O. The molecule has 56 heavy (non-hydrogen) atoms. The zero-order chi connectivity index (χ0) is 41.3. The molecule has 0 bridgehead atoms. The van der Waals surface area contributed by atoms with Crippen molar-refractivity contribution in [2.24, 2.45) is 0 Å². The Morgan fingerprint density at radius 3 is 0.821 bits per heavy atom. The maximum absolute atomic E-state index is 11.1. The molecule has 15 unspecified atom stereocenters. The molecule has 5 heterocycles. The van der Waals surface area contributed by atoms with Gasteiger partial charge in [-0.05, 0) is 0 Å². The third-order valence-electron chi connectivity index (χ3n) is 10.3. The van der Waals surface area contributed by atoms with E-state index in [9.17, 15) is 86.8 Å². The lowest BCUT2D eigenvalue weighted by Crippen LogP contribution is -2.68. The molecule has 5 aliphatic heterocycles. The smallest absolute Gasteiger partial charge is 0.187 e.